The fourth-order valence-corrected chi connectivity index (χ4v) is 2.75. The number of hydrogen-bond acceptors (Lipinski definition) is 1. The van der Waals surface area contributed by atoms with Gasteiger partial charge in [0.2, 0.25) is 5.91 Å². The summed E-state index contributed by atoms with van der Waals surface area (Å²) in [6, 6.07) is 6.43. The minimum absolute atomic E-state index is 0.224. The van der Waals surface area contributed by atoms with Crippen molar-refractivity contribution in [3.63, 3.8) is 0 Å². The number of carbonyl (C=O) groups is 1. The molecule has 0 unspecified atom stereocenters. The molecule has 1 aromatic carbocycles. The second kappa shape index (κ2) is 6.94. The molecule has 3 heteroatoms. The summed E-state index contributed by atoms with van der Waals surface area (Å²) in [5.74, 6) is 0.783. The standard InChI is InChI=1S/C17H22ClNO/c1-13-5-3-6-16(14(13)2)15-8-11-19(12-9-15)17(20)7-4-10-18/h3,5-6,8H,4,7,9-12H2,1-2H3. The molecule has 0 saturated heterocycles. The molecule has 0 N–H and O–H groups in total. The third-order valence-electron chi connectivity index (χ3n) is 4.04. The second-order valence-electron chi connectivity index (χ2n) is 5.36. The summed E-state index contributed by atoms with van der Waals surface area (Å²) < 4.78 is 0. The van der Waals surface area contributed by atoms with E-state index < -0.39 is 0 Å². The largest absolute Gasteiger partial charge is 0.339 e. The van der Waals surface area contributed by atoms with Gasteiger partial charge in [-0.3, -0.25) is 4.79 Å². The van der Waals surface area contributed by atoms with E-state index in [1.54, 1.807) is 0 Å². The van der Waals surface area contributed by atoms with Gasteiger partial charge in [0, 0.05) is 25.4 Å². The maximum absolute atomic E-state index is 12.0. The molecule has 1 aliphatic heterocycles. The van der Waals surface area contributed by atoms with Crippen molar-refractivity contribution in [2.75, 3.05) is 19.0 Å². The van der Waals surface area contributed by atoms with E-state index in [9.17, 15) is 4.79 Å². The van der Waals surface area contributed by atoms with E-state index in [2.05, 4.69) is 38.1 Å². The molecule has 0 aliphatic carbocycles. The zero-order valence-electron chi connectivity index (χ0n) is 12.3. The Hall–Kier alpha value is -1.28. The third kappa shape index (κ3) is 3.43. The van der Waals surface area contributed by atoms with Gasteiger partial charge in [0.25, 0.3) is 0 Å². The third-order valence-corrected chi connectivity index (χ3v) is 4.30. The summed E-state index contributed by atoms with van der Waals surface area (Å²) in [6.07, 6.45) is 4.47. The normalized spacial score (nSPS) is 15.2. The first kappa shape index (κ1) is 15.1. The number of benzene rings is 1. The molecular weight excluding hydrogens is 270 g/mol. The zero-order valence-corrected chi connectivity index (χ0v) is 13.0. The van der Waals surface area contributed by atoms with Gasteiger partial charge in [-0.25, -0.2) is 0 Å². The summed E-state index contributed by atoms with van der Waals surface area (Å²) in [5, 5.41) is 0. The number of nitrogens with zero attached hydrogens (tertiary/aromatic N) is 1. The minimum Gasteiger partial charge on any atom is -0.339 e. The lowest BCUT2D eigenvalue weighted by molar-refractivity contribution is -0.130. The van der Waals surface area contributed by atoms with E-state index in [0.29, 0.717) is 12.3 Å². The molecule has 20 heavy (non-hydrogen) atoms. The number of aryl methyl sites for hydroxylation is 1. The predicted octanol–water partition coefficient (Wildman–Crippen LogP) is 3.94. The molecule has 1 amide bonds. The molecule has 2 rings (SSSR count). The van der Waals surface area contributed by atoms with E-state index in [1.165, 1.54) is 22.3 Å². The molecule has 0 bridgehead atoms. The van der Waals surface area contributed by atoms with Crippen molar-refractivity contribution in [3.8, 4) is 0 Å². The fraction of sp³-hybridized carbons (Fsp3) is 0.471. The van der Waals surface area contributed by atoms with E-state index in [1.807, 2.05) is 4.90 Å². The molecule has 0 spiro atoms. The van der Waals surface area contributed by atoms with Gasteiger partial charge in [0.05, 0.1) is 0 Å². The molecular formula is C17H22ClNO. The molecule has 1 aliphatic rings. The Bertz CT molecular complexity index is 522. The van der Waals surface area contributed by atoms with Crippen molar-refractivity contribution in [1.82, 2.24) is 4.90 Å². The van der Waals surface area contributed by atoms with E-state index in [4.69, 9.17) is 11.6 Å². The maximum Gasteiger partial charge on any atom is 0.222 e. The quantitative estimate of drug-likeness (QED) is 0.770. The molecule has 108 valence electrons. The van der Waals surface area contributed by atoms with Crippen molar-refractivity contribution in [2.24, 2.45) is 0 Å². The first-order chi connectivity index (χ1) is 9.63. The molecule has 0 saturated carbocycles. The van der Waals surface area contributed by atoms with Crippen LogP contribution < -0.4 is 0 Å². The molecule has 0 atom stereocenters. The highest BCUT2D eigenvalue weighted by molar-refractivity contribution is 6.17. The Kier molecular flexibility index (Phi) is 5.24. The van der Waals surface area contributed by atoms with Crippen LogP contribution in [0, 0.1) is 13.8 Å². The zero-order chi connectivity index (χ0) is 14.5. The number of halogens is 1. The summed E-state index contributed by atoms with van der Waals surface area (Å²) in [7, 11) is 0. The van der Waals surface area contributed by atoms with Gasteiger partial charge in [-0.1, -0.05) is 24.3 Å². The van der Waals surface area contributed by atoms with Crippen LogP contribution in [0.1, 0.15) is 36.0 Å². The smallest absolute Gasteiger partial charge is 0.222 e. The van der Waals surface area contributed by atoms with Crippen LogP contribution in [0.2, 0.25) is 0 Å². The second-order valence-corrected chi connectivity index (χ2v) is 5.74. The van der Waals surface area contributed by atoms with Crippen molar-refractivity contribution in [1.29, 1.82) is 0 Å². The topological polar surface area (TPSA) is 20.3 Å². The van der Waals surface area contributed by atoms with E-state index >= 15 is 0 Å². The average molecular weight is 292 g/mol. The maximum atomic E-state index is 12.0. The lowest BCUT2D eigenvalue weighted by Crippen LogP contribution is -2.34. The molecule has 0 radical (unpaired) electrons. The van der Waals surface area contributed by atoms with Crippen LogP contribution in [-0.2, 0) is 4.79 Å². The van der Waals surface area contributed by atoms with Gasteiger partial charge in [-0.05, 0) is 49.0 Å². The highest BCUT2D eigenvalue weighted by Crippen LogP contribution is 2.26. The SMILES string of the molecule is Cc1cccc(C2=CCN(C(=O)CCCCl)CC2)c1C. The van der Waals surface area contributed by atoms with Crippen LogP contribution in [0.5, 0.6) is 0 Å². The van der Waals surface area contributed by atoms with Gasteiger partial charge >= 0.3 is 0 Å². The number of carbonyl (C=O) groups excluding carboxylic acids is 1. The molecule has 1 heterocycles. The molecule has 0 aromatic heterocycles. The Balaban J connectivity index is 2.06. The highest BCUT2D eigenvalue weighted by atomic mass is 35.5. The van der Waals surface area contributed by atoms with Gasteiger partial charge in [0.1, 0.15) is 0 Å². The van der Waals surface area contributed by atoms with Crippen LogP contribution in [0.4, 0.5) is 0 Å². The monoisotopic (exact) mass is 291 g/mol. The Labute approximate surface area is 126 Å². The Morgan fingerprint density at radius 1 is 1.35 bits per heavy atom. The van der Waals surface area contributed by atoms with Crippen molar-refractivity contribution in [3.05, 3.63) is 41.0 Å². The summed E-state index contributed by atoms with van der Waals surface area (Å²) in [4.78, 5) is 13.9. The Morgan fingerprint density at radius 2 is 2.15 bits per heavy atom. The Morgan fingerprint density at radius 3 is 2.80 bits per heavy atom. The number of hydrogen-bond donors (Lipinski definition) is 0. The van der Waals surface area contributed by atoms with Gasteiger partial charge < -0.3 is 4.90 Å². The van der Waals surface area contributed by atoms with Crippen LogP contribution in [-0.4, -0.2) is 29.8 Å². The van der Waals surface area contributed by atoms with Crippen LogP contribution in [0.3, 0.4) is 0 Å². The molecule has 0 fully saturated rings. The van der Waals surface area contributed by atoms with Crippen LogP contribution >= 0.6 is 11.6 Å². The summed E-state index contributed by atoms with van der Waals surface area (Å²) >= 11 is 5.64. The first-order valence-electron chi connectivity index (χ1n) is 7.23. The number of rotatable bonds is 4. The van der Waals surface area contributed by atoms with Crippen LogP contribution in [0.15, 0.2) is 24.3 Å². The van der Waals surface area contributed by atoms with Crippen molar-refractivity contribution >= 4 is 23.1 Å². The van der Waals surface area contributed by atoms with Gasteiger partial charge in [0.15, 0.2) is 0 Å². The van der Waals surface area contributed by atoms with E-state index in [-0.39, 0.29) is 5.91 Å². The molecule has 2 nitrogen and oxygen atoms in total. The lowest BCUT2D eigenvalue weighted by atomic mass is 9.93. The first-order valence-corrected chi connectivity index (χ1v) is 7.76. The molecule has 1 aromatic rings. The van der Waals surface area contributed by atoms with Crippen LogP contribution in [0.25, 0.3) is 5.57 Å². The fourth-order valence-electron chi connectivity index (χ4n) is 2.62. The minimum atomic E-state index is 0.224. The van der Waals surface area contributed by atoms with E-state index in [0.717, 1.165) is 25.9 Å². The van der Waals surface area contributed by atoms with Gasteiger partial charge in [-0.2, -0.15) is 0 Å². The van der Waals surface area contributed by atoms with Gasteiger partial charge in [-0.15, -0.1) is 11.6 Å². The highest BCUT2D eigenvalue weighted by Gasteiger charge is 2.18. The van der Waals surface area contributed by atoms with Crippen molar-refractivity contribution in [2.45, 2.75) is 33.1 Å². The number of alkyl halides is 1. The average Bonchev–Trinajstić information content (AvgIpc) is 2.48. The predicted molar refractivity (Wildman–Crippen MR) is 85.0 cm³/mol. The summed E-state index contributed by atoms with van der Waals surface area (Å²) in [5.41, 5.74) is 5.37. The number of amides is 1. The lowest BCUT2D eigenvalue weighted by Gasteiger charge is -2.27. The summed E-state index contributed by atoms with van der Waals surface area (Å²) in [6.45, 7) is 5.86. The van der Waals surface area contributed by atoms with Crippen molar-refractivity contribution < 1.29 is 4.79 Å².